The summed E-state index contributed by atoms with van der Waals surface area (Å²) in [6.45, 7) is 11.7. The van der Waals surface area contributed by atoms with E-state index in [9.17, 15) is 0 Å². The molecule has 108 valence electrons. The smallest absolute Gasteiger partial charge is 0.188 e. The topological polar surface area (TPSA) is 50.7 Å². The fourth-order valence-corrected chi connectivity index (χ4v) is 2.90. The van der Waals surface area contributed by atoms with E-state index in [4.69, 9.17) is 4.98 Å². The van der Waals surface area contributed by atoms with Crippen molar-refractivity contribution in [2.24, 2.45) is 0 Å². The molecule has 0 spiro atoms. The summed E-state index contributed by atoms with van der Waals surface area (Å²) in [5.74, 6) is 1.11. The van der Waals surface area contributed by atoms with Crippen LogP contribution in [-0.4, -0.2) is 20.5 Å². The molecule has 20 heavy (non-hydrogen) atoms. The van der Waals surface area contributed by atoms with Crippen molar-refractivity contribution in [3.05, 3.63) is 29.0 Å². The Kier molecular flexibility index (Phi) is 4.50. The summed E-state index contributed by atoms with van der Waals surface area (Å²) in [5.41, 5.74) is 1.25. The molecule has 2 heterocycles. The van der Waals surface area contributed by atoms with E-state index in [1.807, 2.05) is 6.07 Å². The first-order valence-corrected chi connectivity index (χ1v) is 7.70. The molecule has 5 heteroatoms. The number of hydrogen-bond acceptors (Lipinski definition) is 5. The van der Waals surface area contributed by atoms with Crippen molar-refractivity contribution in [1.82, 2.24) is 20.3 Å². The molecule has 0 radical (unpaired) electrons. The highest BCUT2D eigenvalue weighted by Gasteiger charge is 2.18. The normalized spacial score (nSPS) is 12.1. The number of hydrogen-bond donors (Lipinski definition) is 1. The van der Waals surface area contributed by atoms with Crippen LogP contribution in [0.25, 0.3) is 10.8 Å². The van der Waals surface area contributed by atoms with Gasteiger partial charge in [0.05, 0.1) is 5.69 Å². The molecule has 0 amide bonds. The Bertz CT molecular complexity index is 555. The van der Waals surface area contributed by atoms with E-state index < -0.39 is 0 Å². The number of aromatic nitrogens is 3. The van der Waals surface area contributed by atoms with Crippen molar-refractivity contribution in [3.63, 3.8) is 0 Å². The van der Waals surface area contributed by atoms with E-state index >= 15 is 0 Å². The monoisotopic (exact) mass is 290 g/mol. The van der Waals surface area contributed by atoms with Crippen molar-refractivity contribution in [1.29, 1.82) is 0 Å². The Morgan fingerprint density at radius 3 is 2.40 bits per heavy atom. The van der Waals surface area contributed by atoms with Crippen molar-refractivity contribution in [2.75, 3.05) is 0 Å². The largest absolute Gasteiger partial charge is 0.307 e. The van der Waals surface area contributed by atoms with Crippen LogP contribution < -0.4 is 5.32 Å². The zero-order valence-corrected chi connectivity index (χ0v) is 13.6. The van der Waals surface area contributed by atoms with Crippen LogP contribution in [0.4, 0.5) is 0 Å². The lowest BCUT2D eigenvalue weighted by molar-refractivity contribution is 0.425. The average molecular weight is 290 g/mol. The molecule has 0 aliphatic carbocycles. The molecule has 0 fully saturated rings. The van der Waals surface area contributed by atoms with Gasteiger partial charge in [-0.3, -0.25) is 0 Å². The van der Waals surface area contributed by atoms with Crippen LogP contribution in [0.2, 0.25) is 0 Å². The molecule has 0 atom stereocenters. The Hall–Kier alpha value is -1.33. The second kappa shape index (κ2) is 5.97. The predicted molar refractivity (Wildman–Crippen MR) is 83.8 cm³/mol. The van der Waals surface area contributed by atoms with E-state index in [1.165, 1.54) is 4.88 Å². The van der Waals surface area contributed by atoms with Gasteiger partial charge in [-0.2, -0.15) is 0 Å². The molecule has 0 aliphatic rings. The summed E-state index contributed by atoms with van der Waals surface area (Å²) < 4.78 is 0. The van der Waals surface area contributed by atoms with Crippen molar-refractivity contribution in [2.45, 2.75) is 52.6 Å². The summed E-state index contributed by atoms with van der Waals surface area (Å²) >= 11 is 1.68. The fraction of sp³-hybridized carbons (Fsp3) is 0.533. The van der Waals surface area contributed by atoms with E-state index in [0.29, 0.717) is 11.7 Å². The zero-order valence-electron chi connectivity index (χ0n) is 12.8. The van der Waals surface area contributed by atoms with Gasteiger partial charge in [0.25, 0.3) is 0 Å². The van der Waals surface area contributed by atoms with Crippen LogP contribution >= 0.6 is 11.3 Å². The third-order valence-electron chi connectivity index (χ3n) is 2.81. The number of thiazole rings is 1. The Morgan fingerprint density at radius 2 is 1.85 bits per heavy atom. The highest BCUT2D eigenvalue weighted by molar-refractivity contribution is 7.15. The summed E-state index contributed by atoms with van der Waals surface area (Å²) in [6.07, 6.45) is 3.51. The highest BCUT2D eigenvalue weighted by atomic mass is 32.1. The third-order valence-corrected chi connectivity index (χ3v) is 3.88. The van der Waals surface area contributed by atoms with E-state index in [1.54, 1.807) is 23.7 Å². The van der Waals surface area contributed by atoms with Crippen LogP contribution in [0, 0.1) is 0 Å². The van der Waals surface area contributed by atoms with E-state index in [2.05, 4.69) is 49.9 Å². The maximum absolute atomic E-state index is 4.73. The quantitative estimate of drug-likeness (QED) is 0.934. The van der Waals surface area contributed by atoms with E-state index in [0.717, 1.165) is 17.2 Å². The number of nitrogens with zero attached hydrogens (tertiary/aromatic N) is 3. The molecular formula is C15H22N4S. The second-order valence-electron chi connectivity index (χ2n) is 6.16. The lowest BCUT2D eigenvalue weighted by Gasteiger charge is -2.20. The van der Waals surface area contributed by atoms with Crippen LogP contribution in [0.5, 0.6) is 0 Å². The lowest BCUT2D eigenvalue weighted by Crippen LogP contribution is -2.35. The number of rotatable bonds is 4. The Labute approximate surface area is 124 Å². The van der Waals surface area contributed by atoms with Crippen LogP contribution in [-0.2, 0) is 6.54 Å². The van der Waals surface area contributed by atoms with Gasteiger partial charge in [-0.15, -0.1) is 11.3 Å². The van der Waals surface area contributed by atoms with Gasteiger partial charge < -0.3 is 5.32 Å². The molecule has 2 rings (SSSR count). The summed E-state index contributed by atoms with van der Waals surface area (Å²) in [4.78, 5) is 14.6. The lowest BCUT2D eigenvalue weighted by atomic mass is 10.1. The first-order chi connectivity index (χ1) is 9.37. The maximum Gasteiger partial charge on any atom is 0.188 e. The van der Waals surface area contributed by atoms with Gasteiger partial charge >= 0.3 is 0 Å². The molecule has 0 saturated heterocycles. The molecule has 0 aromatic carbocycles. The fourth-order valence-electron chi connectivity index (χ4n) is 1.79. The minimum Gasteiger partial charge on any atom is -0.307 e. The standard InChI is InChI=1S/C15H22N4S/c1-10(2)12-11(9-18-15(3,4)5)20-14(19-12)13-16-7-6-8-17-13/h6-8,10,18H,9H2,1-5H3. The maximum atomic E-state index is 4.73. The summed E-state index contributed by atoms with van der Waals surface area (Å²) in [7, 11) is 0. The molecular weight excluding hydrogens is 268 g/mol. The van der Waals surface area contributed by atoms with Gasteiger partial charge in [0.15, 0.2) is 10.8 Å². The summed E-state index contributed by atoms with van der Waals surface area (Å²) in [5, 5.41) is 4.43. The van der Waals surface area contributed by atoms with Crippen molar-refractivity contribution >= 4 is 11.3 Å². The van der Waals surface area contributed by atoms with Crippen molar-refractivity contribution in [3.8, 4) is 10.8 Å². The van der Waals surface area contributed by atoms with Crippen LogP contribution in [0.15, 0.2) is 18.5 Å². The SMILES string of the molecule is CC(C)c1nc(-c2ncccn2)sc1CNC(C)(C)C. The molecule has 0 aliphatic heterocycles. The first kappa shape index (κ1) is 15.1. The predicted octanol–water partition coefficient (Wildman–Crippen LogP) is 3.61. The average Bonchev–Trinajstić information content (AvgIpc) is 2.81. The second-order valence-corrected chi connectivity index (χ2v) is 7.24. The molecule has 0 saturated carbocycles. The van der Waals surface area contributed by atoms with Gasteiger partial charge in [0, 0.05) is 29.4 Å². The van der Waals surface area contributed by atoms with Gasteiger partial charge in [0.2, 0.25) is 0 Å². The Balaban J connectivity index is 2.29. The molecule has 0 bridgehead atoms. The number of nitrogens with one attached hydrogen (secondary N) is 1. The minimum atomic E-state index is 0.0989. The van der Waals surface area contributed by atoms with Crippen molar-refractivity contribution < 1.29 is 0 Å². The molecule has 0 unspecified atom stereocenters. The molecule has 1 N–H and O–H groups in total. The van der Waals surface area contributed by atoms with Crippen LogP contribution in [0.1, 0.15) is 51.1 Å². The third kappa shape index (κ3) is 3.84. The van der Waals surface area contributed by atoms with Gasteiger partial charge in [-0.1, -0.05) is 13.8 Å². The zero-order chi connectivity index (χ0) is 14.8. The minimum absolute atomic E-state index is 0.0989. The first-order valence-electron chi connectivity index (χ1n) is 6.89. The van der Waals surface area contributed by atoms with Gasteiger partial charge in [0.1, 0.15) is 0 Å². The molecule has 4 nitrogen and oxygen atoms in total. The van der Waals surface area contributed by atoms with E-state index in [-0.39, 0.29) is 5.54 Å². The van der Waals surface area contributed by atoms with Crippen LogP contribution in [0.3, 0.4) is 0 Å². The Morgan fingerprint density at radius 1 is 1.20 bits per heavy atom. The molecule has 2 aromatic heterocycles. The summed E-state index contributed by atoms with van der Waals surface area (Å²) in [6, 6.07) is 1.82. The van der Waals surface area contributed by atoms with Gasteiger partial charge in [-0.25, -0.2) is 15.0 Å². The van der Waals surface area contributed by atoms with Gasteiger partial charge in [-0.05, 0) is 32.8 Å². The molecule has 2 aromatic rings. The highest BCUT2D eigenvalue weighted by Crippen LogP contribution is 2.30.